The van der Waals surface area contributed by atoms with Gasteiger partial charge in [0.05, 0.1) is 6.33 Å². The minimum absolute atomic E-state index is 0.500. The van der Waals surface area contributed by atoms with Crippen LogP contribution >= 0.6 is 0 Å². The Bertz CT molecular complexity index is 104. The van der Waals surface area contributed by atoms with Crippen LogP contribution in [0.25, 0.3) is 0 Å². The van der Waals surface area contributed by atoms with Crippen LogP contribution in [0.4, 0.5) is 22.0 Å². The molecule has 60 valence electrons. The standard InChI is InChI=1S/C3H5F.C2F4/c1-2-3-4;3-1(4)2(5)6/h2-3H,1H3;. The van der Waals surface area contributed by atoms with E-state index in [0.717, 1.165) is 0 Å². The predicted molar refractivity (Wildman–Crippen MR) is 27.4 cm³/mol. The minimum Gasteiger partial charge on any atom is -0.216 e. The van der Waals surface area contributed by atoms with Crippen molar-refractivity contribution < 1.29 is 22.0 Å². The number of rotatable bonds is 0. The van der Waals surface area contributed by atoms with Gasteiger partial charge in [-0.05, 0) is 6.92 Å². The lowest BCUT2D eigenvalue weighted by Gasteiger charge is -1.69. The second kappa shape index (κ2) is 8.13. The molecule has 0 saturated carbocycles. The first kappa shape index (κ1) is 11.9. The Morgan fingerprint density at radius 2 is 1.20 bits per heavy atom. The lowest BCUT2D eigenvalue weighted by atomic mass is 10.8. The largest absolute Gasteiger partial charge is 0.334 e. The van der Waals surface area contributed by atoms with Crippen LogP contribution in [-0.4, -0.2) is 0 Å². The molecule has 0 nitrogen and oxygen atoms in total. The van der Waals surface area contributed by atoms with Gasteiger partial charge < -0.3 is 0 Å². The van der Waals surface area contributed by atoms with Gasteiger partial charge in [-0.15, -0.1) is 0 Å². The fourth-order valence-electron chi connectivity index (χ4n) is 0. The van der Waals surface area contributed by atoms with E-state index in [1.165, 1.54) is 6.08 Å². The molecular weight excluding hydrogens is 155 g/mol. The molecule has 5 heteroatoms. The first-order valence-corrected chi connectivity index (χ1v) is 2.13. The Kier molecular flexibility index (Phi) is 9.65. The van der Waals surface area contributed by atoms with Gasteiger partial charge in [0.25, 0.3) is 0 Å². The molecule has 0 aliphatic heterocycles. The van der Waals surface area contributed by atoms with Gasteiger partial charge >= 0.3 is 12.2 Å². The van der Waals surface area contributed by atoms with E-state index in [1.54, 1.807) is 6.92 Å². The predicted octanol–water partition coefficient (Wildman–Crippen LogP) is 3.48. The Balaban J connectivity index is 0. The van der Waals surface area contributed by atoms with Gasteiger partial charge in [0.2, 0.25) is 0 Å². The van der Waals surface area contributed by atoms with Gasteiger partial charge in [0.1, 0.15) is 0 Å². The van der Waals surface area contributed by atoms with Crippen molar-refractivity contribution in [2.24, 2.45) is 0 Å². The Morgan fingerprint density at radius 1 is 1.00 bits per heavy atom. The highest BCUT2D eigenvalue weighted by Crippen LogP contribution is 2.08. The fraction of sp³-hybridized carbons (Fsp3) is 0.200. The minimum atomic E-state index is -2.91. The van der Waals surface area contributed by atoms with E-state index >= 15 is 0 Å². The smallest absolute Gasteiger partial charge is 0.216 e. The summed E-state index contributed by atoms with van der Waals surface area (Å²) < 4.78 is 51.7. The zero-order valence-electron chi connectivity index (χ0n) is 5.04. The number of hydrogen-bond donors (Lipinski definition) is 0. The molecule has 0 N–H and O–H groups in total. The van der Waals surface area contributed by atoms with Crippen molar-refractivity contribution in [1.82, 2.24) is 0 Å². The molecule has 0 heterocycles. The topological polar surface area (TPSA) is 0 Å². The normalized spacial score (nSPS) is 8.60. The van der Waals surface area contributed by atoms with Crippen LogP contribution in [0.15, 0.2) is 24.6 Å². The SMILES string of the molecule is CC=CF.FC(F)=C(F)F. The average Bonchev–Trinajstić information content (AvgIpc) is 1.89. The van der Waals surface area contributed by atoms with Gasteiger partial charge in [-0.25, -0.2) is 4.39 Å². The van der Waals surface area contributed by atoms with E-state index in [0.29, 0.717) is 6.33 Å². The van der Waals surface area contributed by atoms with Crippen LogP contribution in [0.1, 0.15) is 6.92 Å². The van der Waals surface area contributed by atoms with E-state index in [9.17, 15) is 22.0 Å². The molecule has 0 fully saturated rings. The third kappa shape index (κ3) is 15.7. The second-order valence-electron chi connectivity index (χ2n) is 0.980. The second-order valence-corrected chi connectivity index (χ2v) is 0.980. The van der Waals surface area contributed by atoms with E-state index in [4.69, 9.17) is 0 Å². The molecule has 0 aromatic carbocycles. The van der Waals surface area contributed by atoms with Crippen molar-refractivity contribution in [1.29, 1.82) is 0 Å². The third-order valence-electron chi connectivity index (χ3n) is 0.269. The van der Waals surface area contributed by atoms with Crippen LogP contribution in [0, 0.1) is 0 Å². The van der Waals surface area contributed by atoms with Crippen LogP contribution in [0.3, 0.4) is 0 Å². The Hall–Kier alpha value is -0.870. The zero-order chi connectivity index (χ0) is 8.57. The molecule has 0 amide bonds. The highest BCUT2D eigenvalue weighted by Gasteiger charge is 1.98. The fourth-order valence-corrected chi connectivity index (χ4v) is 0. The summed E-state index contributed by atoms with van der Waals surface area (Å²) in [6.45, 7) is 1.62. The van der Waals surface area contributed by atoms with Crippen LogP contribution in [-0.2, 0) is 0 Å². The first-order valence-electron chi connectivity index (χ1n) is 2.13. The number of hydrogen-bond acceptors (Lipinski definition) is 0. The molecule has 0 saturated heterocycles. The molecule has 10 heavy (non-hydrogen) atoms. The summed E-state index contributed by atoms with van der Waals surface area (Å²) in [5, 5.41) is 0. The number of halogens is 5. The van der Waals surface area contributed by atoms with Gasteiger partial charge in [-0.3, -0.25) is 0 Å². The van der Waals surface area contributed by atoms with Crippen molar-refractivity contribution >= 4 is 0 Å². The molecule has 0 aliphatic carbocycles. The summed E-state index contributed by atoms with van der Waals surface area (Å²) >= 11 is 0. The van der Waals surface area contributed by atoms with Gasteiger partial charge in [-0.2, -0.15) is 17.6 Å². The van der Waals surface area contributed by atoms with Crippen molar-refractivity contribution in [3.63, 3.8) is 0 Å². The maximum atomic E-state index is 10.5. The molecule has 0 aromatic rings. The molecule has 0 bridgehead atoms. The molecule has 0 spiro atoms. The first-order chi connectivity index (χ1) is 4.56. The summed E-state index contributed by atoms with van der Waals surface area (Å²) in [5.74, 6) is 0. The maximum absolute atomic E-state index is 10.5. The lowest BCUT2D eigenvalue weighted by molar-refractivity contribution is 0.308. The lowest BCUT2D eigenvalue weighted by Crippen LogP contribution is -1.56. The van der Waals surface area contributed by atoms with Crippen molar-refractivity contribution in [2.75, 3.05) is 0 Å². The summed E-state index contributed by atoms with van der Waals surface area (Å²) in [6, 6.07) is 0. The number of allylic oxidation sites excluding steroid dienone is 1. The van der Waals surface area contributed by atoms with Crippen LogP contribution < -0.4 is 0 Å². The molecule has 0 aliphatic rings. The maximum Gasteiger partial charge on any atom is 0.334 e. The molecule has 0 unspecified atom stereocenters. The summed E-state index contributed by atoms with van der Waals surface area (Å²) in [6.07, 6.45) is -3.98. The Labute approximate surface area is 54.7 Å². The quantitative estimate of drug-likeness (QED) is 0.476. The third-order valence-corrected chi connectivity index (χ3v) is 0.269. The monoisotopic (exact) mass is 160 g/mol. The van der Waals surface area contributed by atoms with Crippen LogP contribution in [0.2, 0.25) is 0 Å². The summed E-state index contributed by atoms with van der Waals surface area (Å²) in [4.78, 5) is 0. The van der Waals surface area contributed by atoms with E-state index < -0.39 is 12.2 Å². The van der Waals surface area contributed by atoms with E-state index in [1.807, 2.05) is 0 Å². The van der Waals surface area contributed by atoms with Crippen molar-refractivity contribution in [3.05, 3.63) is 24.6 Å². The molecular formula is C5H5F5. The van der Waals surface area contributed by atoms with Gasteiger partial charge in [0.15, 0.2) is 0 Å². The average molecular weight is 160 g/mol. The molecule has 0 aromatic heterocycles. The molecule has 0 rings (SSSR count). The summed E-state index contributed by atoms with van der Waals surface area (Å²) in [5.41, 5.74) is 0. The van der Waals surface area contributed by atoms with Gasteiger partial charge in [-0.1, -0.05) is 6.08 Å². The zero-order valence-corrected chi connectivity index (χ0v) is 5.04. The molecule has 0 atom stereocenters. The van der Waals surface area contributed by atoms with Crippen molar-refractivity contribution in [3.8, 4) is 0 Å². The highest BCUT2D eigenvalue weighted by molar-refractivity contribution is 4.77. The summed E-state index contributed by atoms with van der Waals surface area (Å²) in [7, 11) is 0. The van der Waals surface area contributed by atoms with Gasteiger partial charge in [0, 0.05) is 0 Å². The highest BCUT2D eigenvalue weighted by atomic mass is 19.3. The van der Waals surface area contributed by atoms with Crippen molar-refractivity contribution in [2.45, 2.75) is 6.92 Å². The Morgan fingerprint density at radius 3 is 1.20 bits per heavy atom. The van der Waals surface area contributed by atoms with E-state index in [-0.39, 0.29) is 0 Å². The van der Waals surface area contributed by atoms with Crippen LogP contribution in [0.5, 0.6) is 0 Å². The molecule has 0 radical (unpaired) electrons. The van der Waals surface area contributed by atoms with E-state index in [2.05, 4.69) is 0 Å².